The number of nitrogens with two attached hydrogens (primary N) is 1. The van der Waals surface area contributed by atoms with Gasteiger partial charge in [-0.15, -0.1) is 0 Å². The number of fused-ring (bicyclic) bond motifs is 1. The molecule has 0 saturated carbocycles. The van der Waals surface area contributed by atoms with Crippen LogP contribution in [0.5, 0.6) is 0 Å². The molecule has 4 aromatic rings. The predicted octanol–water partition coefficient (Wildman–Crippen LogP) is 2.50. The molecule has 0 bridgehead atoms. The SMILES string of the molecule is COP(c1cccc(-n2cncn2)c1)c1c(C(N)=O)[nH]c2ccc(Cl)cc12. The number of hydrogen-bond donors (Lipinski definition) is 2. The van der Waals surface area contributed by atoms with Gasteiger partial charge in [0.2, 0.25) is 0 Å². The Morgan fingerprint density at radius 2 is 2.15 bits per heavy atom. The third kappa shape index (κ3) is 3.21. The maximum atomic E-state index is 12.1. The highest BCUT2D eigenvalue weighted by molar-refractivity contribution is 7.69. The van der Waals surface area contributed by atoms with E-state index < -0.39 is 14.1 Å². The van der Waals surface area contributed by atoms with Crippen LogP contribution in [0.3, 0.4) is 0 Å². The number of aromatic nitrogens is 4. The zero-order valence-electron chi connectivity index (χ0n) is 14.3. The van der Waals surface area contributed by atoms with E-state index in [1.54, 1.807) is 24.2 Å². The molecule has 2 aromatic carbocycles. The molecule has 3 N–H and O–H groups in total. The summed E-state index contributed by atoms with van der Waals surface area (Å²) in [6.45, 7) is 0. The molecule has 0 radical (unpaired) electrons. The summed E-state index contributed by atoms with van der Waals surface area (Å²) >= 11 is 6.18. The quantitative estimate of drug-likeness (QED) is 0.504. The van der Waals surface area contributed by atoms with E-state index in [0.29, 0.717) is 16.0 Å². The summed E-state index contributed by atoms with van der Waals surface area (Å²) in [5.74, 6) is -0.547. The number of amides is 1. The average molecular weight is 400 g/mol. The standard InChI is InChI=1S/C18H15ClN5O2P/c1-26-27(13-4-2-3-12(8-13)24-10-21-9-22-24)17-14-7-11(19)5-6-15(14)23-16(17)18(20)25/h2-10,23H,1H3,(H2,20,25). The minimum atomic E-state index is -1.32. The number of H-pyrrole nitrogens is 1. The monoisotopic (exact) mass is 399 g/mol. The van der Waals surface area contributed by atoms with Crippen molar-refractivity contribution in [2.24, 2.45) is 5.73 Å². The summed E-state index contributed by atoms with van der Waals surface area (Å²) in [6.07, 6.45) is 3.09. The van der Waals surface area contributed by atoms with Crippen molar-refractivity contribution in [1.82, 2.24) is 19.7 Å². The van der Waals surface area contributed by atoms with Gasteiger partial charge in [0.15, 0.2) is 0 Å². The molecule has 0 aliphatic heterocycles. The summed E-state index contributed by atoms with van der Waals surface area (Å²) in [6, 6.07) is 13.1. The predicted molar refractivity (Wildman–Crippen MR) is 106 cm³/mol. The zero-order chi connectivity index (χ0) is 19.0. The minimum Gasteiger partial charge on any atom is -0.364 e. The number of carbonyl (C=O) groups excluding carboxylic acids is 1. The van der Waals surface area contributed by atoms with Crippen molar-refractivity contribution in [3.8, 4) is 5.69 Å². The highest BCUT2D eigenvalue weighted by Gasteiger charge is 2.26. The van der Waals surface area contributed by atoms with Crippen molar-refractivity contribution >= 4 is 47.2 Å². The van der Waals surface area contributed by atoms with Gasteiger partial charge in [-0.25, -0.2) is 9.67 Å². The van der Waals surface area contributed by atoms with Gasteiger partial charge in [-0.1, -0.05) is 23.7 Å². The molecule has 1 unspecified atom stereocenters. The molecule has 7 nitrogen and oxygen atoms in total. The number of carbonyl (C=O) groups is 1. The van der Waals surface area contributed by atoms with Gasteiger partial charge in [-0.05, 0) is 30.3 Å². The van der Waals surface area contributed by atoms with E-state index in [-0.39, 0.29) is 0 Å². The maximum absolute atomic E-state index is 12.1. The summed E-state index contributed by atoms with van der Waals surface area (Å²) in [5, 5.41) is 7.17. The molecule has 4 rings (SSSR count). The van der Waals surface area contributed by atoms with E-state index in [0.717, 1.165) is 21.9 Å². The topological polar surface area (TPSA) is 98.8 Å². The van der Waals surface area contributed by atoms with E-state index in [4.69, 9.17) is 21.9 Å². The number of aromatic amines is 1. The Kier molecular flexibility index (Phi) is 4.66. The first-order chi connectivity index (χ1) is 13.1. The van der Waals surface area contributed by atoms with Gasteiger partial charge in [0.05, 0.1) is 13.8 Å². The van der Waals surface area contributed by atoms with Crippen LogP contribution in [-0.4, -0.2) is 32.8 Å². The van der Waals surface area contributed by atoms with Crippen LogP contribution in [0.4, 0.5) is 0 Å². The first-order valence-corrected chi connectivity index (χ1v) is 9.62. The Morgan fingerprint density at radius 3 is 2.85 bits per heavy atom. The largest absolute Gasteiger partial charge is 0.364 e. The third-order valence-electron chi connectivity index (χ3n) is 4.11. The van der Waals surface area contributed by atoms with Crippen LogP contribution >= 0.6 is 19.7 Å². The van der Waals surface area contributed by atoms with Crippen LogP contribution in [0, 0.1) is 0 Å². The fourth-order valence-corrected chi connectivity index (χ4v) is 5.04. The van der Waals surface area contributed by atoms with Crippen LogP contribution in [-0.2, 0) is 4.52 Å². The Labute approximate surface area is 160 Å². The van der Waals surface area contributed by atoms with Gasteiger partial charge < -0.3 is 15.2 Å². The van der Waals surface area contributed by atoms with Crippen molar-refractivity contribution in [2.45, 2.75) is 0 Å². The fraction of sp³-hybridized carbons (Fsp3) is 0.0556. The number of hydrogen-bond acceptors (Lipinski definition) is 4. The summed E-state index contributed by atoms with van der Waals surface area (Å²) in [4.78, 5) is 19.1. The Morgan fingerprint density at radius 1 is 1.30 bits per heavy atom. The van der Waals surface area contributed by atoms with E-state index >= 15 is 0 Å². The van der Waals surface area contributed by atoms with Gasteiger partial charge in [0.1, 0.15) is 18.3 Å². The third-order valence-corrected chi connectivity index (χ3v) is 6.33. The second kappa shape index (κ2) is 7.12. The molecular weight excluding hydrogens is 385 g/mol. The Bertz CT molecular complexity index is 1130. The van der Waals surface area contributed by atoms with Crippen molar-refractivity contribution in [3.05, 3.63) is 65.8 Å². The number of benzene rings is 2. The molecule has 1 atom stereocenters. The highest BCUT2D eigenvalue weighted by atomic mass is 35.5. The van der Waals surface area contributed by atoms with Crippen LogP contribution in [0.25, 0.3) is 16.6 Å². The molecule has 136 valence electrons. The molecular formula is C18H15ClN5O2P. The smallest absolute Gasteiger partial charge is 0.265 e. The molecule has 2 aromatic heterocycles. The highest BCUT2D eigenvalue weighted by Crippen LogP contribution is 2.39. The number of nitrogens with zero attached hydrogens (tertiary/aromatic N) is 3. The molecule has 27 heavy (non-hydrogen) atoms. The van der Waals surface area contributed by atoms with Crippen molar-refractivity contribution in [3.63, 3.8) is 0 Å². The molecule has 9 heteroatoms. The lowest BCUT2D eigenvalue weighted by Crippen LogP contribution is -2.23. The first-order valence-electron chi connectivity index (χ1n) is 7.99. The fourth-order valence-electron chi connectivity index (χ4n) is 2.97. The van der Waals surface area contributed by atoms with Crippen molar-refractivity contribution in [1.29, 1.82) is 0 Å². The number of rotatable bonds is 5. The summed E-state index contributed by atoms with van der Waals surface area (Å²) in [7, 11) is 0.292. The molecule has 0 aliphatic carbocycles. The van der Waals surface area contributed by atoms with Crippen LogP contribution in [0.2, 0.25) is 5.02 Å². The minimum absolute atomic E-state index is 0.325. The molecule has 0 fully saturated rings. The summed E-state index contributed by atoms with van der Waals surface area (Å²) in [5.41, 5.74) is 7.57. The maximum Gasteiger partial charge on any atom is 0.265 e. The summed E-state index contributed by atoms with van der Waals surface area (Å²) < 4.78 is 7.50. The number of primary amides is 1. The van der Waals surface area contributed by atoms with Crippen LogP contribution in [0.1, 0.15) is 10.5 Å². The molecule has 0 aliphatic rings. The molecule has 0 saturated heterocycles. The molecule has 1 amide bonds. The van der Waals surface area contributed by atoms with E-state index in [2.05, 4.69) is 15.1 Å². The molecule has 0 spiro atoms. The van der Waals surface area contributed by atoms with Crippen LogP contribution in [0.15, 0.2) is 55.1 Å². The van der Waals surface area contributed by atoms with E-state index in [9.17, 15) is 4.79 Å². The van der Waals surface area contributed by atoms with Gasteiger partial charge in [0, 0.05) is 33.6 Å². The van der Waals surface area contributed by atoms with Crippen molar-refractivity contribution < 1.29 is 9.32 Å². The Hall–Kier alpha value is -2.73. The lowest BCUT2D eigenvalue weighted by molar-refractivity contribution is 0.0997. The lowest BCUT2D eigenvalue weighted by Gasteiger charge is -2.17. The molecule has 2 heterocycles. The van der Waals surface area contributed by atoms with Gasteiger partial charge >= 0.3 is 0 Å². The van der Waals surface area contributed by atoms with Gasteiger partial charge in [-0.3, -0.25) is 4.79 Å². The van der Waals surface area contributed by atoms with Gasteiger partial charge in [-0.2, -0.15) is 5.10 Å². The number of halogens is 1. The van der Waals surface area contributed by atoms with Crippen LogP contribution < -0.4 is 16.3 Å². The second-order valence-electron chi connectivity index (χ2n) is 5.74. The van der Waals surface area contributed by atoms with E-state index in [1.807, 2.05) is 36.4 Å². The first kappa shape index (κ1) is 17.7. The normalized spacial score (nSPS) is 12.4. The lowest BCUT2D eigenvalue weighted by atomic mass is 10.2. The van der Waals surface area contributed by atoms with Crippen molar-refractivity contribution in [2.75, 3.05) is 7.11 Å². The average Bonchev–Trinajstić information content (AvgIpc) is 3.31. The van der Waals surface area contributed by atoms with Gasteiger partial charge in [0.25, 0.3) is 5.91 Å². The van der Waals surface area contributed by atoms with E-state index in [1.165, 1.54) is 6.33 Å². The zero-order valence-corrected chi connectivity index (χ0v) is 15.9. The number of nitrogens with one attached hydrogen (secondary N) is 1. The second-order valence-corrected chi connectivity index (χ2v) is 8.09. The Balaban J connectivity index is 1.91.